The van der Waals surface area contributed by atoms with Crippen molar-refractivity contribution in [3.05, 3.63) is 34.9 Å². The second-order valence-corrected chi connectivity index (χ2v) is 5.51. The molecule has 1 unspecified atom stereocenters. The van der Waals surface area contributed by atoms with Gasteiger partial charge < -0.3 is 5.32 Å². The molecule has 1 saturated heterocycles. The Kier molecular flexibility index (Phi) is 4.54. The minimum atomic E-state index is 0.254. The maximum Gasteiger partial charge on any atom is 0.137 e. The second-order valence-electron chi connectivity index (χ2n) is 5.51. The Morgan fingerprint density at radius 1 is 1.28 bits per heavy atom. The summed E-state index contributed by atoms with van der Waals surface area (Å²) >= 11 is 0. The summed E-state index contributed by atoms with van der Waals surface area (Å²) in [6.07, 6.45) is 3.78. The third-order valence-electron chi connectivity index (χ3n) is 3.69. The fraction of sp³-hybridized carbons (Fsp3) is 0.562. The van der Waals surface area contributed by atoms with Crippen LogP contribution in [0.3, 0.4) is 0 Å². The van der Waals surface area contributed by atoms with Crippen molar-refractivity contribution >= 4 is 5.78 Å². The van der Waals surface area contributed by atoms with Gasteiger partial charge in [0.2, 0.25) is 0 Å². The zero-order valence-corrected chi connectivity index (χ0v) is 11.5. The molecule has 1 aliphatic rings. The van der Waals surface area contributed by atoms with Gasteiger partial charge in [-0.15, -0.1) is 0 Å². The van der Waals surface area contributed by atoms with Crippen molar-refractivity contribution < 1.29 is 4.79 Å². The molecule has 1 heterocycles. The molecule has 1 aliphatic heterocycles. The number of Topliss-reactive ketones (excluding diaryl/α,β-unsaturated/α-hetero) is 1. The van der Waals surface area contributed by atoms with Gasteiger partial charge in [0.25, 0.3) is 0 Å². The highest BCUT2D eigenvalue weighted by Gasteiger charge is 2.20. The molecule has 0 bridgehead atoms. The molecule has 2 rings (SSSR count). The number of hydrogen-bond donors (Lipinski definition) is 1. The van der Waals surface area contributed by atoms with Crippen LogP contribution < -0.4 is 5.32 Å². The molecule has 0 aliphatic carbocycles. The fourth-order valence-corrected chi connectivity index (χ4v) is 2.81. The first kappa shape index (κ1) is 13.3. The van der Waals surface area contributed by atoms with Gasteiger partial charge in [-0.2, -0.15) is 0 Å². The lowest BCUT2D eigenvalue weighted by atomic mass is 9.91. The molecule has 0 radical (unpaired) electrons. The molecule has 0 saturated carbocycles. The third kappa shape index (κ3) is 3.67. The SMILES string of the molecule is Cc1cc(C)cc(CCC(=O)C2CCCNC2)c1. The van der Waals surface area contributed by atoms with E-state index < -0.39 is 0 Å². The van der Waals surface area contributed by atoms with Crippen LogP contribution in [0, 0.1) is 19.8 Å². The van der Waals surface area contributed by atoms with E-state index >= 15 is 0 Å². The Bertz CT molecular complexity index is 399. The normalized spacial score (nSPS) is 19.8. The Morgan fingerprint density at radius 3 is 2.61 bits per heavy atom. The van der Waals surface area contributed by atoms with Gasteiger partial charge in [-0.25, -0.2) is 0 Å². The van der Waals surface area contributed by atoms with Crippen LogP contribution in [0.5, 0.6) is 0 Å². The van der Waals surface area contributed by atoms with Crippen LogP contribution in [0.1, 0.15) is 36.0 Å². The van der Waals surface area contributed by atoms with Crippen LogP contribution >= 0.6 is 0 Å². The van der Waals surface area contributed by atoms with E-state index in [4.69, 9.17) is 0 Å². The largest absolute Gasteiger partial charge is 0.316 e. The molecule has 2 nitrogen and oxygen atoms in total. The Labute approximate surface area is 110 Å². The summed E-state index contributed by atoms with van der Waals surface area (Å²) in [6, 6.07) is 6.56. The van der Waals surface area contributed by atoms with E-state index in [0.29, 0.717) is 12.2 Å². The molecule has 0 spiro atoms. The van der Waals surface area contributed by atoms with Crippen LogP contribution in [0.2, 0.25) is 0 Å². The summed E-state index contributed by atoms with van der Waals surface area (Å²) < 4.78 is 0. The zero-order chi connectivity index (χ0) is 13.0. The van der Waals surface area contributed by atoms with E-state index in [1.54, 1.807) is 0 Å². The Morgan fingerprint density at radius 2 is 2.00 bits per heavy atom. The standard InChI is InChI=1S/C16H23NO/c1-12-8-13(2)10-14(9-12)5-6-16(18)15-4-3-7-17-11-15/h8-10,15,17H,3-7,11H2,1-2H3. The highest BCUT2D eigenvalue weighted by atomic mass is 16.1. The smallest absolute Gasteiger partial charge is 0.137 e. The van der Waals surface area contributed by atoms with Gasteiger partial charge in [0.15, 0.2) is 0 Å². The van der Waals surface area contributed by atoms with E-state index in [0.717, 1.165) is 32.4 Å². The topological polar surface area (TPSA) is 29.1 Å². The van der Waals surface area contributed by atoms with E-state index in [9.17, 15) is 4.79 Å². The number of carbonyl (C=O) groups is 1. The minimum Gasteiger partial charge on any atom is -0.316 e. The second kappa shape index (κ2) is 6.14. The summed E-state index contributed by atoms with van der Waals surface area (Å²) in [7, 11) is 0. The lowest BCUT2D eigenvalue weighted by Crippen LogP contribution is -2.34. The predicted octanol–water partition coefficient (Wildman–Crippen LogP) is 2.80. The number of ketones is 1. The van der Waals surface area contributed by atoms with Crippen molar-refractivity contribution in [2.24, 2.45) is 5.92 Å². The first-order valence-electron chi connectivity index (χ1n) is 6.96. The van der Waals surface area contributed by atoms with Crippen LogP contribution in [-0.4, -0.2) is 18.9 Å². The van der Waals surface area contributed by atoms with Gasteiger partial charge in [-0.1, -0.05) is 29.3 Å². The summed E-state index contributed by atoms with van der Waals surface area (Å²) in [5.74, 6) is 0.686. The number of piperidine rings is 1. The van der Waals surface area contributed by atoms with Crippen molar-refractivity contribution in [2.75, 3.05) is 13.1 Å². The van der Waals surface area contributed by atoms with Crippen LogP contribution in [0.15, 0.2) is 18.2 Å². The molecular formula is C16H23NO. The van der Waals surface area contributed by atoms with E-state index in [2.05, 4.69) is 37.4 Å². The van der Waals surface area contributed by atoms with Crippen molar-refractivity contribution in [3.63, 3.8) is 0 Å². The van der Waals surface area contributed by atoms with E-state index in [1.165, 1.54) is 16.7 Å². The molecule has 1 fully saturated rings. The number of aryl methyl sites for hydroxylation is 3. The van der Waals surface area contributed by atoms with Gasteiger partial charge in [-0.3, -0.25) is 4.79 Å². The number of rotatable bonds is 4. The number of hydrogen-bond acceptors (Lipinski definition) is 2. The van der Waals surface area contributed by atoms with Gasteiger partial charge in [0.1, 0.15) is 5.78 Å². The van der Waals surface area contributed by atoms with Gasteiger partial charge >= 0.3 is 0 Å². The number of nitrogens with one attached hydrogen (secondary N) is 1. The maximum absolute atomic E-state index is 12.1. The Balaban J connectivity index is 1.88. The number of benzene rings is 1. The fourth-order valence-electron chi connectivity index (χ4n) is 2.81. The average Bonchev–Trinajstić information content (AvgIpc) is 2.36. The minimum absolute atomic E-state index is 0.254. The van der Waals surface area contributed by atoms with Crippen molar-refractivity contribution in [1.82, 2.24) is 5.32 Å². The molecule has 0 amide bonds. The molecule has 1 aromatic carbocycles. The molecule has 2 heteroatoms. The van der Waals surface area contributed by atoms with Gasteiger partial charge in [0, 0.05) is 18.9 Å². The first-order valence-corrected chi connectivity index (χ1v) is 6.96. The molecule has 1 aromatic rings. The van der Waals surface area contributed by atoms with Gasteiger partial charge in [-0.05, 0) is 45.2 Å². The summed E-state index contributed by atoms with van der Waals surface area (Å²) in [5.41, 5.74) is 3.87. The maximum atomic E-state index is 12.1. The summed E-state index contributed by atoms with van der Waals surface area (Å²) in [5, 5.41) is 3.31. The molecule has 18 heavy (non-hydrogen) atoms. The number of carbonyl (C=O) groups excluding carboxylic acids is 1. The quantitative estimate of drug-likeness (QED) is 0.883. The molecule has 98 valence electrons. The lowest BCUT2D eigenvalue weighted by Gasteiger charge is -2.21. The average molecular weight is 245 g/mol. The highest BCUT2D eigenvalue weighted by molar-refractivity contribution is 5.81. The van der Waals surface area contributed by atoms with Crippen molar-refractivity contribution in [1.29, 1.82) is 0 Å². The van der Waals surface area contributed by atoms with Crippen LogP contribution in [0.25, 0.3) is 0 Å². The van der Waals surface area contributed by atoms with E-state index in [-0.39, 0.29) is 5.92 Å². The molecule has 0 aromatic heterocycles. The van der Waals surface area contributed by atoms with Crippen LogP contribution in [0.4, 0.5) is 0 Å². The van der Waals surface area contributed by atoms with Crippen molar-refractivity contribution in [2.45, 2.75) is 39.5 Å². The van der Waals surface area contributed by atoms with E-state index in [1.807, 2.05) is 0 Å². The summed E-state index contributed by atoms with van der Waals surface area (Å²) in [6.45, 7) is 6.18. The highest BCUT2D eigenvalue weighted by Crippen LogP contribution is 2.16. The third-order valence-corrected chi connectivity index (χ3v) is 3.69. The van der Waals surface area contributed by atoms with Crippen LogP contribution in [-0.2, 0) is 11.2 Å². The lowest BCUT2D eigenvalue weighted by molar-refractivity contribution is -0.123. The Hall–Kier alpha value is -1.15. The molecular weight excluding hydrogens is 222 g/mol. The molecule has 1 atom stereocenters. The first-order chi connectivity index (χ1) is 8.65. The monoisotopic (exact) mass is 245 g/mol. The molecule has 1 N–H and O–H groups in total. The zero-order valence-electron chi connectivity index (χ0n) is 11.5. The summed E-state index contributed by atoms with van der Waals surface area (Å²) in [4.78, 5) is 12.1. The van der Waals surface area contributed by atoms with Gasteiger partial charge in [0.05, 0.1) is 0 Å². The predicted molar refractivity (Wildman–Crippen MR) is 74.8 cm³/mol. The van der Waals surface area contributed by atoms with Crippen molar-refractivity contribution in [3.8, 4) is 0 Å².